The molecule has 0 saturated carbocycles. The Bertz CT molecular complexity index is 3810. The van der Waals surface area contributed by atoms with Gasteiger partial charge in [0.1, 0.15) is 11.4 Å². The van der Waals surface area contributed by atoms with E-state index in [-0.39, 0.29) is 127 Å². The molecule has 6 amide bonds. The molecule has 4 aliphatic heterocycles. The Hall–Kier alpha value is -6.40. The van der Waals surface area contributed by atoms with E-state index >= 15 is 0 Å². The van der Waals surface area contributed by atoms with Crippen molar-refractivity contribution in [3.8, 4) is 0 Å². The van der Waals surface area contributed by atoms with Gasteiger partial charge in [-0.05, 0) is 130 Å². The lowest BCUT2D eigenvalue weighted by atomic mass is 10.1. The van der Waals surface area contributed by atoms with Crippen molar-refractivity contribution in [3.05, 3.63) is 176 Å². The minimum Gasteiger partial charge on any atom is -0.348 e. The van der Waals surface area contributed by atoms with Crippen LogP contribution in [0.15, 0.2) is 165 Å². The van der Waals surface area contributed by atoms with E-state index in [0.717, 1.165) is 0 Å². The number of allylic oxidation sites excluding steroid dienone is 3. The highest BCUT2D eigenvalue weighted by Gasteiger charge is 2.34. The van der Waals surface area contributed by atoms with Gasteiger partial charge >= 0.3 is 0 Å². The van der Waals surface area contributed by atoms with E-state index in [4.69, 9.17) is 58.0 Å². The van der Waals surface area contributed by atoms with Crippen molar-refractivity contribution >= 4 is 173 Å². The highest BCUT2D eigenvalue weighted by molar-refractivity contribution is 9.09. The normalized spacial score (nSPS) is 15.8. The van der Waals surface area contributed by atoms with Crippen molar-refractivity contribution in [1.82, 2.24) is 34.8 Å². The number of anilines is 2. The fraction of sp³-hybridized carbons (Fsp3) is 0.283. The maximum atomic E-state index is 13.3. The second kappa shape index (κ2) is 35.6. The number of amides is 6. The van der Waals surface area contributed by atoms with Gasteiger partial charge in [-0.15, -0.1) is 0 Å². The molecule has 2 fully saturated rings. The zero-order valence-corrected chi connectivity index (χ0v) is 57.3. The van der Waals surface area contributed by atoms with Gasteiger partial charge in [-0.2, -0.15) is 8.61 Å². The van der Waals surface area contributed by atoms with Crippen LogP contribution in [0.4, 0.5) is 11.4 Å². The summed E-state index contributed by atoms with van der Waals surface area (Å²) >= 11 is 35.7. The van der Waals surface area contributed by atoms with Crippen LogP contribution in [0.5, 0.6) is 0 Å². The number of carbonyl (C=O) groups is 7. The number of rotatable bonds is 21. The molecule has 6 N–H and O–H groups in total. The third kappa shape index (κ3) is 21.9. The summed E-state index contributed by atoms with van der Waals surface area (Å²) in [4.78, 5) is 96.1. The summed E-state index contributed by atoms with van der Waals surface area (Å²) in [5.41, 5.74) is 1.56. The van der Waals surface area contributed by atoms with Crippen molar-refractivity contribution < 1.29 is 50.4 Å². The number of sulfonamides is 2. The summed E-state index contributed by atoms with van der Waals surface area (Å²) in [5, 5.41) is 17.9. The molecule has 8 rings (SSSR count). The van der Waals surface area contributed by atoms with Gasteiger partial charge in [0.15, 0.2) is 0 Å². The molecule has 4 aromatic rings. The summed E-state index contributed by atoms with van der Waals surface area (Å²) in [6, 6.07) is 21.0. The quantitative estimate of drug-likeness (QED) is 0.0259. The maximum Gasteiger partial charge on any atom is 0.271 e. The van der Waals surface area contributed by atoms with Crippen LogP contribution in [0, 0.1) is 0 Å². The first kappa shape index (κ1) is 73.6. The van der Waals surface area contributed by atoms with E-state index in [1.54, 1.807) is 91.0 Å². The van der Waals surface area contributed by atoms with Crippen LogP contribution in [-0.2, 0) is 44.0 Å². The number of hydrogen-bond acceptors (Lipinski definition) is 14. The highest BCUT2D eigenvalue weighted by Crippen LogP contribution is 2.28. The Balaban J connectivity index is 0.000000262. The number of carbonyl (C=O) groups excluding carboxylic acids is 7. The van der Waals surface area contributed by atoms with E-state index in [1.807, 2.05) is 19.0 Å². The fourth-order valence-corrected chi connectivity index (χ4v) is 13.6. The lowest BCUT2D eigenvalue weighted by molar-refractivity contribution is -0.116. The zero-order valence-electron chi connectivity index (χ0n) is 48.7. The number of alkyl halides is 2. The summed E-state index contributed by atoms with van der Waals surface area (Å²) < 4.78 is 55.9. The molecule has 0 unspecified atom stereocenters. The number of piperidine rings is 2. The van der Waals surface area contributed by atoms with Gasteiger partial charge in [-0.3, -0.25) is 43.5 Å². The topological polar surface area (TPSA) is 294 Å². The van der Waals surface area contributed by atoms with Crippen LogP contribution in [-0.4, -0.2) is 165 Å². The van der Waals surface area contributed by atoms with Crippen molar-refractivity contribution in [2.24, 2.45) is 9.98 Å². The first-order chi connectivity index (χ1) is 43.3. The first-order valence-corrected chi connectivity index (χ1v) is 34.7. The van der Waals surface area contributed by atoms with Crippen LogP contribution in [0.2, 0.25) is 20.1 Å². The molecule has 0 aromatic heterocycles. The van der Waals surface area contributed by atoms with Gasteiger partial charge in [0.25, 0.3) is 23.6 Å². The van der Waals surface area contributed by atoms with Crippen molar-refractivity contribution in [3.63, 3.8) is 0 Å². The summed E-state index contributed by atoms with van der Waals surface area (Å²) in [6.45, 7) is 1.79. The Morgan fingerprint density at radius 1 is 0.538 bits per heavy atom. The third-order valence-electron chi connectivity index (χ3n) is 13.4. The molecular formula is C60H62Br2Cl5N11O11S2. The SMILES string of the molecule is CN(C)C/C=C/C(=O)Nc1cccc(S(=O)(=O)N2CCC(NC(=O)C3=NCC=C3NC(=O)c3c(Cl)cccc3Cl)CC2)c1.O=C(/C=C/CBr)Nc1cccc(S(=O)(=O)N2CCC(NC(=O)C3=NCC=C3NC(=O)c3c(Cl)cccc3Cl)CC2)c1.O=C(Cl)/C=C/CBr. The molecule has 4 aliphatic rings. The standard InChI is InChI=1S/C29H32Cl2N6O5S.C27H26BrCl2N5O5S.C4H4BrClO/c1-36(2)15-5-10-25(38)33-20-6-3-7-21(18-20)43(41,42)37-16-12-19(13-17-37)34-29(40)27-24(11-14-32-27)35-28(39)26-22(30)8-4-9-23(26)31;28-12-3-8-23(36)32-18-4-1-5-19(16-18)41(39,40)35-14-10-17(11-15-35)33-27(38)25-22(9-13-31-25)34-26(37)24-20(29)6-2-7-21(24)30;5-3-1-2-4(6)7/h3-11,18-19H,12-17H2,1-2H3,(H,33,38)(H,34,40)(H,35,39);1-9,16-17H,10-15H2,(H,32,36)(H,33,38)(H,34,37);1-2H,3H2/b10-5+;8-3+;2-1+. The Kier molecular flexibility index (Phi) is 28.8. The number of aliphatic imine (C=N–C) groups is 2. The smallest absolute Gasteiger partial charge is 0.271 e. The van der Waals surface area contributed by atoms with Crippen LogP contribution in [0.1, 0.15) is 46.4 Å². The van der Waals surface area contributed by atoms with E-state index in [9.17, 15) is 50.4 Å². The molecule has 484 valence electrons. The average molecular weight is 1510 g/mol. The number of benzene rings is 4. The lowest BCUT2D eigenvalue weighted by Crippen LogP contribution is -2.48. The van der Waals surface area contributed by atoms with Crippen molar-refractivity contribution in [1.29, 1.82) is 0 Å². The molecule has 2 saturated heterocycles. The molecule has 22 nitrogen and oxygen atoms in total. The highest BCUT2D eigenvalue weighted by atomic mass is 79.9. The summed E-state index contributed by atoms with van der Waals surface area (Å²) in [5.74, 6) is -2.80. The van der Waals surface area contributed by atoms with Crippen LogP contribution in [0.3, 0.4) is 0 Å². The van der Waals surface area contributed by atoms with Gasteiger partial charge in [0.05, 0.1) is 65.5 Å². The van der Waals surface area contributed by atoms with E-state index in [1.165, 1.54) is 51.1 Å². The molecule has 0 aliphatic carbocycles. The number of nitrogens with zero attached hydrogens (tertiary/aromatic N) is 5. The van der Waals surface area contributed by atoms with E-state index < -0.39 is 48.9 Å². The van der Waals surface area contributed by atoms with E-state index in [0.29, 0.717) is 54.3 Å². The molecule has 91 heavy (non-hydrogen) atoms. The summed E-state index contributed by atoms with van der Waals surface area (Å²) in [6.07, 6.45) is 13.8. The second-order valence-electron chi connectivity index (χ2n) is 20.1. The van der Waals surface area contributed by atoms with Gasteiger partial charge in [-0.1, -0.05) is 121 Å². The number of nitrogens with one attached hydrogen (secondary N) is 6. The third-order valence-corrected chi connectivity index (χ3v) is 19.3. The molecule has 4 heterocycles. The Morgan fingerprint density at radius 3 is 1.25 bits per heavy atom. The van der Waals surface area contributed by atoms with Crippen LogP contribution < -0.4 is 31.9 Å². The van der Waals surface area contributed by atoms with Gasteiger partial charge in [-0.25, -0.2) is 16.8 Å². The fourth-order valence-electron chi connectivity index (χ4n) is 9.01. The Morgan fingerprint density at radius 2 is 0.901 bits per heavy atom. The van der Waals surface area contributed by atoms with Crippen molar-refractivity contribution in [2.75, 3.05) is 81.2 Å². The molecule has 0 spiro atoms. The summed E-state index contributed by atoms with van der Waals surface area (Å²) in [7, 11) is -3.88. The monoisotopic (exact) mass is 1510 g/mol. The van der Waals surface area contributed by atoms with Gasteiger partial charge < -0.3 is 36.8 Å². The predicted molar refractivity (Wildman–Crippen MR) is 363 cm³/mol. The van der Waals surface area contributed by atoms with Gasteiger partial charge in [0, 0.05) is 79.0 Å². The molecule has 0 bridgehead atoms. The lowest BCUT2D eigenvalue weighted by Gasteiger charge is -2.31. The second-order valence-corrected chi connectivity index (χ2v) is 27.3. The molecule has 0 radical (unpaired) electrons. The molecule has 0 atom stereocenters. The minimum atomic E-state index is -3.83. The molecule has 31 heteroatoms. The minimum absolute atomic E-state index is 0.0618. The van der Waals surface area contributed by atoms with Gasteiger partial charge in [0.2, 0.25) is 37.1 Å². The largest absolute Gasteiger partial charge is 0.348 e. The zero-order chi connectivity index (χ0) is 66.4. The Labute approximate surface area is 569 Å². The van der Waals surface area contributed by atoms with Crippen LogP contribution >= 0.6 is 89.9 Å². The molecule has 4 aromatic carbocycles. The average Bonchev–Trinajstić information content (AvgIpc) is 1.30. The van der Waals surface area contributed by atoms with Crippen LogP contribution in [0.25, 0.3) is 0 Å². The maximum absolute atomic E-state index is 13.3. The van der Waals surface area contributed by atoms with Crippen molar-refractivity contribution in [2.45, 2.75) is 47.6 Å². The predicted octanol–water partition coefficient (Wildman–Crippen LogP) is 8.71. The first-order valence-electron chi connectivity index (χ1n) is 27.7. The number of halogens is 7. The number of likely N-dealkylation sites (N-methyl/N-ethyl adjacent to an activating group) is 1. The number of hydrogen-bond donors (Lipinski definition) is 6. The van der Waals surface area contributed by atoms with E-state index in [2.05, 4.69) is 73.7 Å². The molecular weight excluding hydrogens is 1450 g/mol.